The van der Waals surface area contributed by atoms with E-state index < -0.39 is 0 Å². The maximum absolute atomic E-state index is 4.42. The van der Waals surface area contributed by atoms with E-state index in [1.54, 1.807) is 5.57 Å². The monoisotopic (exact) mass is 264 g/mol. The Labute approximate surface area is 115 Å². The van der Waals surface area contributed by atoms with E-state index >= 15 is 0 Å². The van der Waals surface area contributed by atoms with Gasteiger partial charge >= 0.3 is 0 Å². The molecule has 0 aromatic carbocycles. The van der Waals surface area contributed by atoms with Crippen LogP contribution >= 0.6 is 7.92 Å². The highest BCUT2D eigenvalue weighted by atomic mass is 31.1. The summed E-state index contributed by atoms with van der Waals surface area (Å²) in [5.41, 5.74) is 1.58. The minimum absolute atomic E-state index is 0.306. The van der Waals surface area contributed by atoms with Gasteiger partial charge in [0, 0.05) is 0 Å². The fourth-order valence-electron chi connectivity index (χ4n) is 3.71. The first-order chi connectivity index (χ1) is 8.74. The number of hydrogen-bond donors (Lipinski definition) is 0. The van der Waals surface area contributed by atoms with Gasteiger partial charge in [0.1, 0.15) is 0 Å². The summed E-state index contributed by atoms with van der Waals surface area (Å²) in [6.07, 6.45) is 16.2. The second-order valence-corrected chi connectivity index (χ2v) is 8.82. The van der Waals surface area contributed by atoms with E-state index in [2.05, 4.69) is 32.6 Å². The van der Waals surface area contributed by atoms with E-state index in [4.69, 9.17) is 0 Å². The molecule has 0 aromatic rings. The predicted octanol–water partition coefficient (Wildman–Crippen LogP) is 5.45. The quantitative estimate of drug-likeness (QED) is 0.404. The Kier molecular flexibility index (Phi) is 5.49. The van der Waals surface area contributed by atoms with Crippen molar-refractivity contribution >= 4 is 7.92 Å². The molecule has 18 heavy (non-hydrogen) atoms. The summed E-state index contributed by atoms with van der Waals surface area (Å²) in [4.78, 5) is 0. The van der Waals surface area contributed by atoms with Crippen LogP contribution < -0.4 is 0 Å². The Morgan fingerprint density at radius 2 is 1.83 bits per heavy atom. The molecule has 2 aliphatic carbocycles. The van der Waals surface area contributed by atoms with Gasteiger partial charge in [-0.1, -0.05) is 51.0 Å². The molecule has 0 amide bonds. The molecule has 0 aromatic heterocycles. The number of allylic oxidation sites excluding steroid dienone is 3. The van der Waals surface area contributed by atoms with Crippen molar-refractivity contribution in [2.24, 2.45) is 17.8 Å². The van der Waals surface area contributed by atoms with Gasteiger partial charge < -0.3 is 0 Å². The van der Waals surface area contributed by atoms with E-state index in [1.165, 1.54) is 50.6 Å². The third-order valence-electron chi connectivity index (χ3n) is 4.63. The molecule has 2 bridgehead atoms. The topological polar surface area (TPSA) is 0 Å². The van der Waals surface area contributed by atoms with Crippen LogP contribution in [0, 0.1) is 17.8 Å². The zero-order chi connectivity index (χ0) is 13.0. The lowest BCUT2D eigenvalue weighted by atomic mass is 9.86. The van der Waals surface area contributed by atoms with Crippen molar-refractivity contribution < 1.29 is 0 Å². The molecular formula is C17H29P. The standard InChI is InChI=1S/C17H29P/c1-4-9-18(10-5-2)11-8-14(3)17-13-15-6-7-16(17)12-15/h6-7,15-17H,3-5,8-13H2,1-2H3. The highest BCUT2D eigenvalue weighted by molar-refractivity contribution is 7.57. The molecule has 0 heterocycles. The Balaban J connectivity index is 1.75. The van der Waals surface area contributed by atoms with Crippen molar-refractivity contribution in [3.8, 4) is 0 Å². The Hall–Kier alpha value is -0.0900. The van der Waals surface area contributed by atoms with E-state index in [9.17, 15) is 0 Å². The summed E-state index contributed by atoms with van der Waals surface area (Å²) in [7, 11) is 0.306. The predicted molar refractivity (Wildman–Crippen MR) is 84.7 cm³/mol. The average Bonchev–Trinajstić information content (AvgIpc) is 2.98. The van der Waals surface area contributed by atoms with Crippen LogP contribution in [0.25, 0.3) is 0 Å². The van der Waals surface area contributed by atoms with Crippen LogP contribution in [0.4, 0.5) is 0 Å². The van der Waals surface area contributed by atoms with Gasteiger partial charge in [0.05, 0.1) is 0 Å². The summed E-state index contributed by atoms with van der Waals surface area (Å²) >= 11 is 0. The van der Waals surface area contributed by atoms with Crippen molar-refractivity contribution in [3.63, 3.8) is 0 Å². The molecule has 3 atom stereocenters. The molecule has 0 saturated heterocycles. The van der Waals surface area contributed by atoms with Crippen LogP contribution in [0.1, 0.15) is 46.0 Å². The molecule has 0 spiro atoms. The Morgan fingerprint density at radius 3 is 2.33 bits per heavy atom. The molecule has 1 saturated carbocycles. The lowest BCUT2D eigenvalue weighted by molar-refractivity contribution is 0.509. The summed E-state index contributed by atoms with van der Waals surface area (Å²) < 4.78 is 0. The molecule has 0 N–H and O–H groups in total. The molecule has 1 heteroatoms. The molecule has 3 unspecified atom stereocenters. The fourth-order valence-corrected chi connectivity index (χ4v) is 6.24. The van der Waals surface area contributed by atoms with Gasteiger partial charge in [-0.25, -0.2) is 0 Å². The molecule has 0 aliphatic heterocycles. The molecule has 0 radical (unpaired) electrons. The van der Waals surface area contributed by atoms with E-state index in [-0.39, 0.29) is 0 Å². The minimum Gasteiger partial charge on any atom is -0.106 e. The van der Waals surface area contributed by atoms with Crippen molar-refractivity contribution in [1.29, 1.82) is 0 Å². The van der Waals surface area contributed by atoms with Crippen LogP contribution in [0.3, 0.4) is 0 Å². The van der Waals surface area contributed by atoms with Gasteiger partial charge in [-0.05, 0) is 55.5 Å². The number of rotatable bonds is 8. The second kappa shape index (κ2) is 6.90. The lowest BCUT2D eigenvalue weighted by Gasteiger charge is -2.23. The molecular weight excluding hydrogens is 235 g/mol. The Bertz CT molecular complexity index is 299. The first-order valence-corrected chi connectivity index (χ1v) is 9.72. The molecule has 0 nitrogen and oxygen atoms in total. The number of hydrogen-bond acceptors (Lipinski definition) is 0. The van der Waals surface area contributed by atoms with Crippen LogP contribution in [0.5, 0.6) is 0 Å². The second-order valence-electron chi connectivity index (χ2n) is 6.14. The largest absolute Gasteiger partial charge is 0.106 e. The summed E-state index contributed by atoms with van der Waals surface area (Å²) in [5.74, 6) is 2.58. The van der Waals surface area contributed by atoms with Gasteiger partial charge in [0.2, 0.25) is 0 Å². The zero-order valence-electron chi connectivity index (χ0n) is 12.2. The van der Waals surface area contributed by atoms with Gasteiger partial charge in [0.15, 0.2) is 0 Å². The minimum atomic E-state index is 0.306. The van der Waals surface area contributed by atoms with E-state index in [1.807, 2.05) is 0 Å². The first kappa shape index (κ1) is 14.3. The van der Waals surface area contributed by atoms with Gasteiger partial charge in [-0.3, -0.25) is 0 Å². The molecule has 1 fully saturated rings. The van der Waals surface area contributed by atoms with Crippen molar-refractivity contribution in [1.82, 2.24) is 0 Å². The highest BCUT2D eigenvalue weighted by Gasteiger charge is 2.36. The van der Waals surface area contributed by atoms with Crippen LogP contribution in [0.15, 0.2) is 24.3 Å². The normalized spacial score (nSPS) is 29.4. The fraction of sp³-hybridized carbons (Fsp3) is 0.765. The first-order valence-electron chi connectivity index (χ1n) is 7.83. The smallest absolute Gasteiger partial charge is 0.0137 e. The van der Waals surface area contributed by atoms with Crippen LogP contribution in [-0.4, -0.2) is 18.5 Å². The third-order valence-corrected chi connectivity index (χ3v) is 7.65. The van der Waals surface area contributed by atoms with Gasteiger partial charge in [-0.2, -0.15) is 0 Å². The SMILES string of the molecule is C=C(CCP(CCC)CCC)C1CC2C=CC1C2. The van der Waals surface area contributed by atoms with Crippen molar-refractivity contribution in [2.75, 3.05) is 18.5 Å². The van der Waals surface area contributed by atoms with Gasteiger partial charge in [-0.15, -0.1) is 7.92 Å². The zero-order valence-corrected chi connectivity index (χ0v) is 13.1. The lowest BCUT2D eigenvalue weighted by Crippen LogP contribution is -2.10. The molecule has 102 valence electrons. The van der Waals surface area contributed by atoms with Crippen LogP contribution in [0.2, 0.25) is 0 Å². The van der Waals surface area contributed by atoms with E-state index in [0.29, 0.717) is 7.92 Å². The molecule has 2 aliphatic rings. The van der Waals surface area contributed by atoms with Crippen LogP contribution in [-0.2, 0) is 0 Å². The van der Waals surface area contributed by atoms with Crippen molar-refractivity contribution in [2.45, 2.75) is 46.0 Å². The molecule has 2 rings (SSSR count). The third kappa shape index (κ3) is 3.47. The van der Waals surface area contributed by atoms with Crippen molar-refractivity contribution in [3.05, 3.63) is 24.3 Å². The average molecular weight is 264 g/mol. The summed E-state index contributed by atoms with van der Waals surface area (Å²) in [6.45, 7) is 9.09. The summed E-state index contributed by atoms with van der Waals surface area (Å²) in [5, 5.41) is 0. The Morgan fingerprint density at radius 1 is 1.11 bits per heavy atom. The van der Waals surface area contributed by atoms with Gasteiger partial charge in [0.25, 0.3) is 0 Å². The maximum Gasteiger partial charge on any atom is -0.0137 e. The summed E-state index contributed by atoms with van der Waals surface area (Å²) in [6, 6.07) is 0. The number of fused-ring (bicyclic) bond motifs is 2. The maximum atomic E-state index is 4.42. The highest BCUT2D eigenvalue weighted by Crippen LogP contribution is 2.48. The van der Waals surface area contributed by atoms with E-state index in [0.717, 1.165) is 17.8 Å².